The topological polar surface area (TPSA) is 32.3 Å². The molecule has 1 fully saturated rings. The lowest BCUT2D eigenvalue weighted by atomic mass is 10.0. The van der Waals surface area contributed by atoms with Crippen LogP contribution in [-0.2, 0) is 4.79 Å². The van der Waals surface area contributed by atoms with Gasteiger partial charge in [-0.3, -0.25) is 10.2 Å². The zero-order valence-electron chi connectivity index (χ0n) is 11.3. The maximum atomic E-state index is 14.1. The van der Waals surface area contributed by atoms with E-state index in [1.54, 1.807) is 18.2 Å². The number of nitrogens with one attached hydrogen (secondary N) is 1. The van der Waals surface area contributed by atoms with Crippen molar-refractivity contribution in [2.75, 3.05) is 6.54 Å². The molecule has 1 unspecified atom stereocenters. The van der Waals surface area contributed by atoms with Gasteiger partial charge >= 0.3 is 6.18 Å². The van der Waals surface area contributed by atoms with E-state index < -0.39 is 23.9 Å². The first-order valence-corrected chi connectivity index (χ1v) is 6.67. The van der Waals surface area contributed by atoms with E-state index >= 15 is 0 Å². The average molecular weight is 312 g/mol. The summed E-state index contributed by atoms with van der Waals surface area (Å²) in [4.78, 5) is 11.2. The Morgan fingerprint density at radius 1 is 1.18 bits per heavy atom. The van der Waals surface area contributed by atoms with Crippen molar-refractivity contribution < 1.29 is 22.4 Å². The summed E-state index contributed by atoms with van der Waals surface area (Å²) < 4.78 is 54.3. The molecular formula is C15H12F4N2O. The number of alkyl halides is 3. The fourth-order valence-corrected chi connectivity index (χ4v) is 2.68. The Morgan fingerprint density at radius 3 is 2.55 bits per heavy atom. The Bertz CT molecular complexity index is 729. The molecule has 1 aliphatic rings. The number of carbonyl (C=O) groups excluding carboxylic acids is 1. The highest BCUT2D eigenvalue weighted by Crippen LogP contribution is 2.39. The summed E-state index contributed by atoms with van der Waals surface area (Å²) in [6.07, 6.45) is -4.64. The van der Waals surface area contributed by atoms with Crippen LogP contribution in [0.3, 0.4) is 0 Å². The van der Waals surface area contributed by atoms with Crippen molar-refractivity contribution in [1.82, 2.24) is 10.4 Å². The minimum absolute atomic E-state index is 0.0113. The van der Waals surface area contributed by atoms with Gasteiger partial charge in [0.05, 0.1) is 0 Å². The van der Waals surface area contributed by atoms with Crippen molar-refractivity contribution in [2.24, 2.45) is 0 Å². The van der Waals surface area contributed by atoms with Crippen LogP contribution in [-0.4, -0.2) is 23.6 Å². The van der Waals surface area contributed by atoms with Crippen LogP contribution in [0.2, 0.25) is 0 Å². The largest absolute Gasteiger partial charge is 0.409 e. The first-order chi connectivity index (χ1) is 10.4. The molecule has 2 aromatic rings. The first-order valence-electron chi connectivity index (χ1n) is 6.67. The van der Waals surface area contributed by atoms with Crippen LogP contribution >= 0.6 is 0 Å². The van der Waals surface area contributed by atoms with Crippen LogP contribution in [0.25, 0.3) is 10.8 Å². The van der Waals surface area contributed by atoms with E-state index in [1.165, 1.54) is 12.1 Å². The number of hydrazine groups is 1. The number of halogens is 4. The number of amides is 1. The number of benzene rings is 2. The molecule has 1 saturated heterocycles. The number of carbonyl (C=O) groups is 1. The fourth-order valence-electron chi connectivity index (χ4n) is 2.68. The van der Waals surface area contributed by atoms with Gasteiger partial charge in [-0.2, -0.15) is 13.2 Å². The van der Waals surface area contributed by atoms with Crippen LogP contribution in [0.4, 0.5) is 17.6 Å². The van der Waals surface area contributed by atoms with E-state index in [1.807, 2.05) is 0 Å². The lowest BCUT2D eigenvalue weighted by Crippen LogP contribution is -2.43. The van der Waals surface area contributed by atoms with Gasteiger partial charge in [-0.1, -0.05) is 24.3 Å². The molecule has 0 radical (unpaired) electrons. The third-order valence-electron chi connectivity index (χ3n) is 3.62. The van der Waals surface area contributed by atoms with Crippen molar-refractivity contribution >= 4 is 16.7 Å². The Balaban J connectivity index is 2.10. The summed E-state index contributed by atoms with van der Waals surface area (Å²) in [5.41, 5.74) is 1.95. The molecule has 7 heteroatoms. The van der Waals surface area contributed by atoms with Gasteiger partial charge in [-0.25, -0.2) is 9.40 Å². The maximum Gasteiger partial charge on any atom is 0.409 e. The van der Waals surface area contributed by atoms with Crippen LogP contribution in [0.15, 0.2) is 36.4 Å². The average Bonchev–Trinajstić information content (AvgIpc) is 2.83. The number of hydrogen-bond donors (Lipinski definition) is 1. The Hall–Kier alpha value is -2.15. The number of fused-ring (bicyclic) bond motifs is 1. The summed E-state index contributed by atoms with van der Waals surface area (Å²) in [6, 6.07) is 6.43. The summed E-state index contributed by atoms with van der Waals surface area (Å²) in [7, 11) is 0. The van der Waals surface area contributed by atoms with E-state index in [2.05, 4.69) is 5.43 Å². The molecule has 0 aliphatic carbocycles. The van der Waals surface area contributed by atoms with E-state index in [4.69, 9.17) is 0 Å². The molecule has 0 spiro atoms. The predicted octanol–water partition coefficient (Wildman–Crippen LogP) is 3.32. The normalized spacial score (nSPS) is 17.7. The highest BCUT2D eigenvalue weighted by atomic mass is 19.4. The Kier molecular flexibility index (Phi) is 3.52. The molecule has 1 N–H and O–H groups in total. The zero-order chi connectivity index (χ0) is 15.9. The minimum atomic E-state index is -4.63. The Labute approximate surface area is 123 Å². The molecule has 0 saturated carbocycles. The molecule has 1 aliphatic heterocycles. The van der Waals surface area contributed by atoms with Crippen molar-refractivity contribution in [1.29, 1.82) is 0 Å². The molecule has 0 bridgehead atoms. The van der Waals surface area contributed by atoms with Crippen LogP contribution in [0, 0.1) is 5.82 Å². The van der Waals surface area contributed by atoms with Crippen LogP contribution in [0.1, 0.15) is 18.0 Å². The van der Waals surface area contributed by atoms with Crippen molar-refractivity contribution in [3.05, 3.63) is 47.8 Å². The highest BCUT2D eigenvalue weighted by molar-refractivity contribution is 5.84. The fraction of sp³-hybridized carbons (Fsp3) is 0.267. The monoisotopic (exact) mass is 312 g/mol. The SMILES string of the molecule is O=C1CCN(C(c2cc(F)c3ccccc3c2)C(F)(F)F)N1. The van der Waals surface area contributed by atoms with Gasteiger partial charge in [-0.05, 0) is 23.1 Å². The van der Waals surface area contributed by atoms with Crippen molar-refractivity contribution in [2.45, 2.75) is 18.6 Å². The standard InChI is InChI=1S/C15H12F4N2O/c16-12-8-10(7-9-3-1-2-4-11(9)12)14(15(17,18)19)21-6-5-13(22)20-21/h1-4,7-8,14H,5-6H2,(H,20,22). The summed E-state index contributed by atoms with van der Waals surface area (Å²) >= 11 is 0. The third kappa shape index (κ3) is 2.64. The van der Waals surface area contributed by atoms with E-state index in [-0.39, 0.29) is 23.9 Å². The van der Waals surface area contributed by atoms with Crippen molar-refractivity contribution in [3.63, 3.8) is 0 Å². The van der Waals surface area contributed by atoms with Crippen molar-refractivity contribution in [3.8, 4) is 0 Å². The highest BCUT2D eigenvalue weighted by Gasteiger charge is 2.47. The smallest absolute Gasteiger partial charge is 0.288 e. The lowest BCUT2D eigenvalue weighted by Gasteiger charge is -2.29. The second kappa shape index (κ2) is 5.24. The van der Waals surface area contributed by atoms with E-state index in [9.17, 15) is 22.4 Å². The molecule has 0 aromatic heterocycles. The number of hydrogen-bond acceptors (Lipinski definition) is 2. The molecule has 1 heterocycles. The summed E-state index contributed by atoms with van der Waals surface area (Å²) in [6.45, 7) is -0.0720. The molecule has 22 heavy (non-hydrogen) atoms. The number of rotatable bonds is 2. The van der Waals surface area contributed by atoms with Gasteiger partial charge in [0, 0.05) is 18.4 Å². The van der Waals surface area contributed by atoms with Gasteiger partial charge in [0.1, 0.15) is 11.9 Å². The van der Waals surface area contributed by atoms with E-state index in [0.29, 0.717) is 5.39 Å². The van der Waals surface area contributed by atoms with E-state index in [0.717, 1.165) is 11.1 Å². The first kappa shape index (κ1) is 14.8. The van der Waals surface area contributed by atoms with Gasteiger partial charge < -0.3 is 0 Å². The molecule has 3 nitrogen and oxygen atoms in total. The molecule has 1 amide bonds. The lowest BCUT2D eigenvalue weighted by molar-refractivity contribution is -0.191. The van der Waals surface area contributed by atoms with Gasteiger partial charge in [0.25, 0.3) is 0 Å². The minimum Gasteiger partial charge on any atom is -0.288 e. The molecule has 2 aromatic carbocycles. The summed E-state index contributed by atoms with van der Waals surface area (Å²) in [5.74, 6) is -1.19. The molecular weight excluding hydrogens is 300 g/mol. The predicted molar refractivity (Wildman–Crippen MR) is 72.2 cm³/mol. The van der Waals surface area contributed by atoms with Gasteiger partial charge in [0.2, 0.25) is 5.91 Å². The van der Waals surface area contributed by atoms with Crippen LogP contribution in [0.5, 0.6) is 0 Å². The summed E-state index contributed by atoms with van der Waals surface area (Å²) in [5, 5.41) is 1.46. The second-order valence-electron chi connectivity index (χ2n) is 5.15. The maximum absolute atomic E-state index is 14.1. The third-order valence-corrected chi connectivity index (χ3v) is 3.62. The molecule has 116 valence electrons. The number of nitrogens with zero attached hydrogens (tertiary/aromatic N) is 1. The zero-order valence-corrected chi connectivity index (χ0v) is 11.3. The molecule has 1 atom stereocenters. The van der Waals surface area contributed by atoms with Crippen LogP contribution < -0.4 is 5.43 Å². The van der Waals surface area contributed by atoms with Gasteiger partial charge in [-0.15, -0.1) is 0 Å². The Morgan fingerprint density at radius 2 is 1.91 bits per heavy atom. The second-order valence-corrected chi connectivity index (χ2v) is 5.15. The quantitative estimate of drug-likeness (QED) is 0.863. The van der Waals surface area contributed by atoms with Gasteiger partial charge in [0.15, 0.2) is 0 Å². The molecule has 3 rings (SSSR count).